The van der Waals surface area contributed by atoms with Crippen molar-refractivity contribution in [3.63, 3.8) is 0 Å². The molecule has 0 aliphatic heterocycles. The van der Waals surface area contributed by atoms with Crippen molar-refractivity contribution in [1.82, 2.24) is 9.97 Å². The third-order valence-electron chi connectivity index (χ3n) is 2.64. The van der Waals surface area contributed by atoms with Crippen LogP contribution >= 0.6 is 31.9 Å². The average Bonchev–Trinajstić information content (AvgIpc) is 2.42. The summed E-state index contributed by atoms with van der Waals surface area (Å²) in [4.78, 5) is 10.7. The predicted molar refractivity (Wildman–Crippen MR) is 85.5 cm³/mol. The minimum Gasteiger partial charge on any atom is -0.357 e. The number of hydrogen-bond acceptors (Lipinski definition) is 4. The maximum absolute atomic E-state index is 4.45. The molecule has 0 radical (unpaired) electrons. The zero-order valence-corrected chi connectivity index (χ0v) is 13.9. The third kappa shape index (κ3) is 3.67. The number of benzene rings is 1. The molecule has 0 amide bonds. The first-order valence-corrected chi connectivity index (χ1v) is 7.34. The van der Waals surface area contributed by atoms with Crippen LogP contribution in [0.25, 0.3) is 0 Å². The fourth-order valence-corrected chi connectivity index (χ4v) is 2.44. The Bertz CT molecular complexity index is 557. The molecule has 4 nitrogen and oxygen atoms in total. The second-order valence-corrected chi connectivity index (χ2v) is 5.87. The summed E-state index contributed by atoms with van der Waals surface area (Å²) < 4.78 is 1.96. The standard InChI is InChI=1S/C13H14Br2N4/c1-16-13-17-7-11(15)12(18-13)19(2)8-9-3-5-10(14)6-4-9/h3-7H,8H2,1-2H3,(H,16,17,18). The molecule has 0 aliphatic carbocycles. The van der Waals surface area contributed by atoms with Gasteiger partial charge in [-0.2, -0.15) is 4.98 Å². The molecule has 1 N–H and O–H groups in total. The van der Waals surface area contributed by atoms with Crippen molar-refractivity contribution in [3.8, 4) is 0 Å². The molecule has 0 spiro atoms. The summed E-state index contributed by atoms with van der Waals surface area (Å²) in [5.41, 5.74) is 1.22. The first kappa shape index (κ1) is 14.3. The molecular formula is C13H14Br2N4. The molecule has 0 saturated carbocycles. The molecule has 0 unspecified atom stereocenters. The maximum Gasteiger partial charge on any atom is 0.224 e. The summed E-state index contributed by atoms with van der Waals surface area (Å²) in [6.07, 6.45) is 1.76. The Labute approximate surface area is 129 Å². The molecule has 2 aromatic rings. The Hall–Kier alpha value is -1.14. The summed E-state index contributed by atoms with van der Waals surface area (Å²) in [5.74, 6) is 1.48. The van der Waals surface area contributed by atoms with Crippen LogP contribution in [0.3, 0.4) is 0 Å². The van der Waals surface area contributed by atoms with E-state index in [1.165, 1.54) is 5.56 Å². The van der Waals surface area contributed by atoms with Gasteiger partial charge in [0.25, 0.3) is 0 Å². The van der Waals surface area contributed by atoms with E-state index in [9.17, 15) is 0 Å². The molecule has 100 valence electrons. The summed E-state index contributed by atoms with van der Waals surface area (Å²) >= 11 is 6.92. The van der Waals surface area contributed by atoms with Crippen molar-refractivity contribution < 1.29 is 0 Å². The first-order valence-electron chi connectivity index (χ1n) is 5.76. The van der Waals surface area contributed by atoms with Crippen LogP contribution < -0.4 is 10.2 Å². The lowest BCUT2D eigenvalue weighted by molar-refractivity contribution is 0.887. The van der Waals surface area contributed by atoms with Crippen LogP contribution in [0.2, 0.25) is 0 Å². The van der Waals surface area contributed by atoms with Crippen molar-refractivity contribution in [3.05, 3.63) is 45.0 Å². The number of anilines is 2. The molecule has 1 heterocycles. The van der Waals surface area contributed by atoms with Gasteiger partial charge in [0.05, 0.1) is 4.47 Å². The lowest BCUT2D eigenvalue weighted by Gasteiger charge is -2.20. The van der Waals surface area contributed by atoms with Crippen molar-refractivity contribution >= 4 is 43.6 Å². The summed E-state index contributed by atoms with van der Waals surface area (Å²) in [5, 5.41) is 2.94. The van der Waals surface area contributed by atoms with Crippen molar-refractivity contribution in [2.75, 3.05) is 24.3 Å². The van der Waals surface area contributed by atoms with E-state index in [0.29, 0.717) is 5.95 Å². The van der Waals surface area contributed by atoms with Crippen LogP contribution in [0.4, 0.5) is 11.8 Å². The largest absolute Gasteiger partial charge is 0.357 e. The van der Waals surface area contributed by atoms with Crippen LogP contribution in [0.1, 0.15) is 5.56 Å². The molecular weight excluding hydrogens is 372 g/mol. The van der Waals surface area contributed by atoms with Crippen LogP contribution in [-0.4, -0.2) is 24.1 Å². The normalized spacial score (nSPS) is 10.3. The molecule has 0 fully saturated rings. The van der Waals surface area contributed by atoms with E-state index in [1.54, 1.807) is 6.20 Å². The van der Waals surface area contributed by atoms with Crippen LogP contribution in [0.15, 0.2) is 39.4 Å². The van der Waals surface area contributed by atoms with E-state index in [0.717, 1.165) is 21.3 Å². The van der Waals surface area contributed by atoms with Gasteiger partial charge in [-0.15, -0.1) is 0 Å². The van der Waals surface area contributed by atoms with Crippen molar-refractivity contribution in [2.45, 2.75) is 6.54 Å². The van der Waals surface area contributed by atoms with E-state index >= 15 is 0 Å². The Balaban J connectivity index is 2.19. The molecule has 6 heteroatoms. The number of halogens is 2. The van der Waals surface area contributed by atoms with Crippen LogP contribution in [-0.2, 0) is 6.54 Å². The van der Waals surface area contributed by atoms with Gasteiger partial charge in [0.2, 0.25) is 5.95 Å². The molecule has 0 aliphatic rings. The molecule has 0 atom stereocenters. The van der Waals surface area contributed by atoms with E-state index < -0.39 is 0 Å². The predicted octanol–water partition coefficient (Wildman–Crippen LogP) is 3.68. The van der Waals surface area contributed by atoms with Crippen LogP contribution in [0.5, 0.6) is 0 Å². The third-order valence-corrected chi connectivity index (χ3v) is 3.73. The van der Waals surface area contributed by atoms with E-state index in [1.807, 2.05) is 26.2 Å². The number of nitrogens with one attached hydrogen (secondary N) is 1. The summed E-state index contributed by atoms with van der Waals surface area (Å²) in [6.45, 7) is 0.784. The van der Waals surface area contributed by atoms with Gasteiger partial charge in [0.1, 0.15) is 5.82 Å². The quantitative estimate of drug-likeness (QED) is 0.871. The first-order chi connectivity index (χ1) is 9.10. The minimum absolute atomic E-state index is 0.612. The molecule has 19 heavy (non-hydrogen) atoms. The van der Waals surface area contributed by atoms with E-state index in [2.05, 4.69) is 64.2 Å². The van der Waals surface area contributed by atoms with Gasteiger partial charge in [-0.3, -0.25) is 0 Å². The molecule has 0 bridgehead atoms. The molecule has 0 saturated heterocycles. The zero-order chi connectivity index (χ0) is 13.8. The minimum atomic E-state index is 0.612. The molecule has 2 rings (SSSR count). The van der Waals surface area contributed by atoms with Gasteiger partial charge >= 0.3 is 0 Å². The number of hydrogen-bond donors (Lipinski definition) is 1. The fraction of sp³-hybridized carbons (Fsp3) is 0.231. The Morgan fingerprint density at radius 3 is 2.53 bits per heavy atom. The van der Waals surface area contributed by atoms with E-state index in [-0.39, 0.29) is 0 Å². The number of nitrogens with zero attached hydrogens (tertiary/aromatic N) is 3. The molecule has 1 aromatic heterocycles. The SMILES string of the molecule is CNc1ncc(Br)c(N(C)Cc2ccc(Br)cc2)n1. The monoisotopic (exact) mass is 384 g/mol. The van der Waals surface area contributed by atoms with Gasteiger partial charge in [0, 0.05) is 31.3 Å². The lowest BCUT2D eigenvalue weighted by Crippen LogP contribution is -2.19. The maximum atomic E-state index is 4.45. The number of rotatable bonds is 4. The van der Waals surface area contributed by atoms with Crippen molar-refractivity contribution in [2.24, 2.45) is 0 Å². The van der Waals surface area contributed by atoms with Crippen LogP contribution in [0, 0.1) is 0 Å². The highest BCUT2D eigenvalue weighted by Gasteiger charge is 2.10. The Morgan fingerprint density at radius 2 is 1.89 bits per heavy atom. The summed E-state index contributed by atoms with van der Waals surface area (Å²) in [6, 6.07) is 8.26. The van der Waals surface area contributed by atoms with Gasteiger partial charge in [-0.1, -0.05) is 28.1 Å². The highest BCUT2D eigenvalue weighted by molar-refractivity contribution is 9.10. The van der Waals surface area contributed by atoms with E-state index in [4.69, 9.17) is 0 Å². The lowest BCUT2D eigenvalue weighted by atomic mass is 10.2. The van der Waals surface area contributed by atoms with Gasteiger partial charge in [0.15, 0.2) is 0 Å². The topological polar surface area (TPSA) is 41.1 Å². The highest BCUT2D eigenvalue weighted by Crippen LogP contribution is 2.24. The Morgan fingerprint density at radius 1 is 1.21 bits per heavy atom. The second-order valence-electron chi connectivity index (χ2n) is 4.10. The molecule has 1 aromatic carbocycles. The fourth-order valence-electron chi connectivity index (χ4n) is 1.68. The second kappa shape index (κ2) is 6.34. The van der Waals surface area contributed by atoms with Gasteiger partial charge in [-0.25, -0.2) is 4.98 Å². The summed E-state index contributed by atoms with van der Waals surface area (Å²) in [7, 11) is 3.82. The van der Waals surface area contributed by atoms with Crippen molar-refractivity contribution in [1.29, 1.82) is 0 Å². The number of aromatic nitrogens is 2. The van der Waals surface area contributed by atoms with Gasteiger partial charge < -0.3 is 10.2 Å². The van der Waals surface area contributed by atoms with Gasteiger partial charge in [-0.05, 0) is 33.6 Å². The average molecular weight is 386 g/mol. The smallest absolute Gasteiger partial charge is 0.224 e. The zero-order valence-electron chi connectivity index (χ0n) is 10.7. The Kier molecular flexibility index (Phi) is 4.76. The highest BCUT2D eigenvalue weighted by atomic mass is 79.9.